The summed E-state index contributed by atoms with van der Waals surface area (Å²) < 4.78 is 0. The van der Waals surface area contributed by atoms with E-state index in [0.29, 0.717) is 6.54 Å². The van der Waals surface area contributed by atoms with E-state index in [4.69, 9.17) is 5.11 Å². The second-order valence-electron chi connectivity index (χ2n) is 3.83. The largest absolute Gasteiger partial charge is 0.481 e. The minimum absolute atomic E-state index is 0.0379. The number of hydrogen-bond donors (Lipinski definition) is 3. The number of rotatable bonds is 8. The van der Waals surface area contributed by atoms with Gasteiger partial charge in [-0.15, -0.1) is 0 Å². The lowest BCUT2D eigenvalue weighted by atomic mass is 10.2. The Bertz CT molecular complexity index is 279. The molecule has 6 nitrogen and oxygen atoms in total. The van der Waals surface area contributed by atoms with Crippen LogP contribution in [-0.4, -0.2) is 35.5 Å². The third-order valence-corrected chi connectivity index (χ3v) is 2.11. The van der Waals surface area contributed by atoms with Crippen molar-refractivity contribution in [3.63, 3.8) is 0 Å². The van der Waals surface area contributed by atoms with Gasteiger partial charge in [0.2, 0.25) is 11.8 Å². The zero-order chi connectivity index (χ0) is 13.3. The fourth-order valence-corrected chi connectivity index (χ4v) is 1.18. The molecular weight excluding hydrogens is 224 g/mol. The van der Waals surface area contributed by atoms with Crippen LogP contribution in [-0.2, 0) is 14.4 Å². The molecule has 1 atom stereocenters. The number of carboxylic acids is 1. The summed E-state index contributed by atoms with van der Waals surface area (Å²) >= 11 is 0. The molecule has 0 aromatic carbocycles. The van der Waals surface area contributed by atoms with Crippen molar-refractivity contribution in [3.8, 4) is 0 Å². The Hall–Kier alpha value is -1.59. The van der Waals surface area contributed by atoms with Crippen molar-refractivity contribution in [2.24, 2.45) is 0 Å². The predicted molar refractivity (Wildman–Crippen MR) is 62.4 cm³/mol. The predicted octanol–water partition coefficient (Wildman–Crippen LogP) is 0.272. The Labute approximate surface area is 101 Å². The van der Waals surface area contributed by atoms with E-state index in [1.54, 1.807) is 6.92 Å². The number of carbonyl (C=O) groups excluding carboxylic acids is 2. The van der Waals surface area contributed by atoms with E-state index in [1.807, 2.05) is 6.92 Å². The minimum Gasteiger partial charge on any atom is -0.481 e. The maximum Gasteiger partial charge on any atom is 0.303 e. The molecule has 0 aromatic heterocycles. The molecule has 0 radical (unpaired) electrons. The molecule has 0 fully saturated rings. The topological polar surface area (TPSA) is 95.5 Å². The number of nitrogens with one attached hydrogen (secondary N) is 2. The summed E-state index contributed by atoms with van der Waals surface area (Å²) in [6.45, 7) is 4.12. The minimum atomic E-state index is -0.925. The van der Waals surface area contributed by atoms with Gasteiger partial charge in [-0.3, -0.25) is 14.4 Å². The van der Waals surface area contributed by atoms with Crippen molar-refractivity contribution in [2.75, 3.05) is 6.54 Å². The number of carboxylic acid groups (broad SMARTS) is 1. The quantitative estimate of drug-likeness (QED) is 0.571. The summed E-state index contributed by atoms with van der Waals surface area (Å²) in [6.07, 6.45) is 1.21. The highest BCUT2D eigenvalue weighted by molar-refractivity contribution is 5.87. The lowest BCUT2D eigenvalue weighted by molar-refractivity contribution is -0.137. The van der Waals surface area contributed by atoms with Crippen LogP contribution in [0.5, 0.6) is 0 Å². The molecule has 0 heterocycles. The molecule has 2 amide bonds. The fourth-order valence-electron chi connectivity index (χ4n) is 1.18. The molecule has 0 bridgehead atoms. The van der Waals surface area contributed by atoms with E-state index in [-0.39, 0.29) is 31.1 Å². The van der Waals surface area contributed by atoms with Crippen molar-refractivity contribution in [1.82, 2.24) is 10.6 Å². The molecule has 0 aliphatic heterocycles. The third-order valence-electron chi connectivity index (χ3n) is 2.11. The molecule has 98 valence electrons. The molecule has 17 heavy (non-hydrogen) atoms. The number of hydrogen-bond acceptors (Lipinski definition) is 3. The van der Waals surface area contributed by atoms with Gasteiger partial charge in [-0.05, 0) is 19.8 Å². The first kappa shape index (κ1) is 15.4. The van der Waals surface area contributed by atoms with Crippen molar-refractivity contribution >= 4 is 17.8 Å². The van der Waals surface area contributed by atoms with Gasteiger partial charge in [0.1, 0.15) is 6.04 Å². The van der Waals surface area contributed by atoms with Crippen LogP contribution in [0.3, 0.4) is 0 Å². The summed E-state index contributed by atoms with van der Waals surface area (Å²) in [7, 11) is 0. The Balaban J connectivity index is 3.78. The van der Waals surface area contributed by atoms with Crippen molar-refractivity contribution in [1.29, 1.82) is 0 Å². The molecule has 0 spiro atoms. The van der Waals surface area contributed by atoms with Gasteiger partial charge in [0.05, 0.1) is 0 Å². The van der Waals surface area contributed by atoms with Crippen LogP contribution in [0.1, 0.15) is 39.5 Å². The van der Waals surface area contributed by atoms with Gasteiger partial charge >= 0.3 is 5.97 Å². The summed E-state index contributed by atoms with van der Waals surface area (Å²) in [6, 6.07) is -0.584. The van der Waals surface area contributed by atoms with Crippen molar-refractivity contribution in [2.45, 2.75) is 45.6 Å². The first-order valence-electron chi connectivity index (χ1n) is 5.76. The van der Waals surface area contributed by atoms with Crippen LogP contribution < -0.4 is 10.6 Å². The number of aliphatic carboxylic acids is 1. The normalized spacial score (nSPS) is 11.6. The summed E-state index contributed by atoms with van der Waals surface area (Å²) in [5, 5.41) is 13.6. The second kappa shape index (κ2) is 8.55. The Morgan fingerprint density at radius 1 is 1.24 bits per heavy atom. The molecule has 0 saturated heterocycles. The Morgan fingerprint density at radius 3 is 2.41 bits per heavy atom. The average Bonchev–Trinajstić information content (AvgIpc) is 2.25. The van der Waals surface area contributed by atoms with Gasteiger partial charge in [-0.25, -0.2) is 0 Å². The lowest BCUT2D eigenvalue weighted by Crippen LogP contribution is -2.44. The zero-order valence-electron chi connectivity index (χ0n) is 10.3. The van der Waals surface area contributed by atoms with Crippen molar-refractivity contribution < 1.29 is 19.5 Å². The molecule has 3 N–H and O–H groups in total. The summed E-state index contributed by atoms with van der Waals surface area (Å²) in [5.41, 5.74) is 0. The highest BCUT2D eigenvalue weighted by Gasteiger charge is 2.14. The summed E-state index contributed by atoms with van der Waals surface area (Å²) in [4.78, 5) is 33.0. The number of carbonyl (C=O) groups is 3. The maximum atomic E-state index is 11.4. The van der Waals surface area contributed by atoms with Crippen LogP contribution in [0.15, 0.2) is 0 Å². The van der Waals surface area contributed by atoms with Crippen LogP contribution in [0.4, 0.5) is 0 Å². The zero-order valence-corrected chi connectivity index (χ0v) is 10.3. The molecule has 1 unspecified atom stereocenters. The standard InChI is InChI=1S/C11H20N2O4/c1-3-7-12-11(17)8(2)13-9(14)5-4-6-10(15)16/h8H,3-7H2,1-2H3,(H,12,17)(H,13,14)(H,15,16). The van der Waals surface area contributed by atoms with E-state index in [9.17, 15) is 14.4 Å². The summed E-state index contributed by atoms with van der Waals surface area (Å²) in [5.74, 6) is -1.45. The maximum absolute atomic E-state index is 11.4. The highest BCUT2D eigenvalue weighted by atomic mass is 16.4. The van der Waals surface area contributed by atoms with E-state index >= 15 is 0 Å². The first-order valence-corrected chi connectivity index (χ1v) is 5.76. The Kier molecular flexibility index (Phi) is 7.75. The van der Waals surface area contributed by atoms with Gasteiger partial charge in [0.15, 0.2) is 0 Å². The van der Waals surface area contributed by atoms with Crippen LogP contribution in [0.2, 0.25) is 0 Å². The van der Waals surface area contributed by atoms with E-state index in [1.165, 1.54) is 0 Å². The number of amides is 2. The van der Waals surface area contributed by atoms with Crippen LogP contribution >= 0.6 is 0 Å². The van der Waals surface area contributed by atoms with E-state index < -0.39 is 12.0 Å². The highest BCUT2D eigenvalue weighted by Crippen LogP contribution is 1.96. The monoisotopic (exact) mass is 244 g/mol. The molecule has 6 heteroatoms. The smallest absolute Gasteiger partial charge is 0.303 e. The molecule has 0 aliphatic carbocycles. The molecular formula is C11H20N2O4. The Morgan fingerprint density at radius 2 is 1.88 bits per heavy atom. The molecule has 0 aromatic rings. The second-order valence-corrected chi connectivity index (χ2v) is 3.83. The molecule has 0 rings (SSSR count). The van der Waals surface area contributed by atoms with E-state index in [2.05, 4.69) is 10.6 Å². The first-order chi connectivity index (χ1) is 7.97. The van der Waals surface area contributed by atoms with Gasteiger partial charge in [0, 0.05) is 19.4 Å². The van der Waals surface area contributed by atoms with Crippen LogP contribution in [0, 0.1) is 0 Å². The average molecular weight is 244 g/mol. The van der Waals surface area contributed by atoms with Gasteiger partial charge in [0.25, 0.3) is 0 Å². The fraction of sp³-hybridized carbons (Fsp3) is 0.727. The SMILES string of the molecule is CCCNC(=O)C(C)NC(=O)CCCC(=O)O. The molecule has 0 saturated carbocycles. The third kappa shape index (κ3) is 8.24. The lowest BCUT2D eigenvalue weighted by Gasteiger charge is -2.13. The van der Waals surface area contributed by atoms with Gasteiger partial charge < -0.3 is 15.7 Å². The van der Waals surface area contributed by atoms with Crippen molar-refractivity contribution in [3.05, 3.63) is 0 Å². The molecule has 0 aliphatic rings. The van der Waals surface area contributed by atoms with Gasteiger partial charge in [-0.2, -0.15) is 0 Å². The van der Waals surface area contributed by atoms with E-state index in [0.717, 1.165) is 6.42 Å². The van der Waals surface area contributed by atoms with Crippen LogP contribution in [0.25, 0.3) is 0 Å². The van der Waals surface area contributed by atoms with Gasteiger partial charge in [-0.1, -0.05) is 6.92 Å².